The van der Waals surface area contributed by atoms with Crippen molar-refractivity contribution in [2.45, 2.75) is 33.4 Å². The number of esters is 1. The van der Waals surface area contributed by atoms with Crippen molar-refractivity contribution in [1.29, 1.82) is 0 Å². The molecule has 1 aliphatic rings. The summed E-state index contributed by atoms with van der Waals surface area (Å²) in [6.45, 7) is 6.38. The first kappa shape index (κ1) is 31.1. The molecule has 0 amide bonds. The summed E-state index contributed by atoms with van der Waals surface area (Å²) in [7, 11) is 3.92. The Morgan fingerprint density at radius 1 is 1.02 bits per heavy atom. The fourth-order valence-electron chi connectivity index (χ4n) is 4.99. The van der Waals surface area contributed by atoms with Crippen LogP contribution in [0.15, 0.2) is 87.8 Å². The molecule has 0 bridgehead atoms. The maximum atomic E-state index is 14.0. The van der Waals surface area contributed by atoms with Crippen molar-refractivity contribution in [1.82, 2.24) is 4.57 Å². The first-order valence-corrected chi connectivity index (χ1v) is 15.5. The van der Waals surface area contributed by atoms with Crippen molar-refractivity contribution in [3.63, 3.8) is 0 Å². The van der Waals surface area contributed by atoms with E-state index in [2.05, 4.69) is 4.99 Å². The van der Waals surface area contributed by atoms with Crippen LogP contribution in [-0.2, 0) is 16.1 Å². The van der Waals surface area contributed by atoms with Crippen molar-refractivity contribution in [3.8, 4) is 11.5 Å². The van der Waals surface area contributed by atoms with Gasteiger partial charge in [-0.15, -0.1) is 0 Å². The van der Waals surface area contributed by atoms with Crippen LogP contribution in [0.25, 0.3) is 6.08 Å². The van der Waals surface area contributed by atoms with Crippen LogP contribution in [-0.4, -0.2) is 37.8 Å². The van der Waals surface area contributed by atoms with Gasteiger partial charge < -0.3 is 19.1 Å². The lowest BCUT2D eigenvalue weighted by molar-refractivity contribution is -0.139. The van der Waals surface area contributed by atoms with Crippen LogP contribution in [0, 0.1) is 0 Å². The second-order valence-corrected chi connectivity index (χ2v) is 11.7. The first-order chi connectivity index (χ1) is 21.2. The molecule has 0 saturated carbocycles. The van der Waals surface area contributed by atoms with Crippen LogP contribution in [0.5, 0.6) is 11.5 Å². The number of ether oxygens (including phenoxy) is 3. The maximum absolute atomic E-state index is 14.0. The van der Waals surface area contributed by atoms with Crippen molar-refractivity contribution >= 4 is 40.7 Å². The van der Waals surface area contributed by atoms with Crippen molar-refractivity contribution in [2.75, 3.05) is 32.2 Å². The largest absolute Gasteiger partial charge is 0.490 e. The molecule has 0 radical (unpaired) electrons. The van der Waals surface area contributed by atoms with E-state index in [1.165, 1.54) is 11.3 Å². The molecule has 3 aromatic carbocycles. The lowest BCUT2D eigenvalue weighted by Crippen LogP contribution is -2.39. The van der Waals surface area contributed by atoms with Crippen LogP contribution in [0.1, 0.15) is 43.5 Å². The van der Waals surface area contributed by atoms with E-state index < -0.39 is 12.0 Å². The lowest BCUT2D eigenvalue weighted by Gasteiger charge is -2.25. The highest BCUT2D eigenvalue weighted by atomic mass is 35.5. The van der Waals surface area contributed by atoms with Gasteiger partial charge in [-0.05, 0) is 68.3 Å². The number of fused-ring (bicyclic) bond motifs is 1. The van der Waals surface area contributed by atoms with Crippen LogP contribution < -0.4 is 29.3 Å². The van der Waals surface area contributed by atoms with E-state index >= 15 is 0 Å². The highest BCUT2D eigenvalue weighted by Gasteiger charge is 2.33. The normalized spacial score (nSPS) is 14.6. The summed E-state index contributed by atoms with van der Waals surface area (Å²) < 4.78 is 19.4. The Bertz CT molecular complexity index is 1890. The average molecular weight is 632 g/mol. The third-order valence-corrected chi connectivity index (χ3v) is 8.50. The minimum absolute atomic E-state index is 0.215. The van der Waals surface area contributed by atoms with Crippen LogP contribution in [0.2, 0.25) is 5.02 Å². The monoisotopic (exact) mass is 631 g/mol. The molecule has 1 atom stereocenters. The van der Waals surface area contributed by atoms with E-state index in [-0.39, 0.29) is 18.8 Å². The number of nitrogens with zero attached hydrogens (tertiary/aromatic N) is 3. The summed E-state index contributed by atoms with van der Waals surface area (Å²) in [5.74, 6) is 0.639. The average Bonchev–Trinajstić information content (AvgIpc) is 3.30. The smallest absolute Gasteiger partial charge is 0.338 e. The molecule has 1 unspecified atom stereocenters. The lowest BCUT2D eigenvalue weighted by atomic mass is 9.95. The summed E-state index contributed by atoms with van der Waals surface area (Å²) in [5.41, 5.74) is 4.05. The number of aromatic nitrogens is 1. The number of anilines is 1. The SMILES string of the molecule is CCOC(=O)C1=C(C)N=c2s/c(=C\c3ccc(OCc4ccccc4Cl)c(OCC)c3)c(=O)n2C1c1ccc(N(C)C)cc1. The molecule has 0 spiro atoms. The maximum Gasteiger partial charge on any atom is 0.338 e. The molecular formula is C34H34ClN3O5S. The van der Waals surface area contributed by atoms with E-state index in [1.807, 2.05) is 92.6 Å². The van der Waals surface area contributed by atoms with Gasteiger partial charge in [-0.2, -0.15) is 0 Å². The molecule has 1 aliphatic heterocycles. The number of carbonyl (C=O) groups excluding carboxylic acids is 1. The molecule has 2 heterocycles. The molecular weight excluding hydrogens is 598 g/mol. The van der Waals surface area contributed by atoms with E-state index in [1.54, 1.807) is 24.5 Å². The van der Waals surface area contributed by atoms with E-state index in [0.29, 0.717) is 43.7 Å². The summed E-state index contributed by atoms with van der Waals surface area (Å²) in [5, 5.41) is 0.630. The second kappa shape index (κ2) is 13.5. The van der Waals surface area contributed by atoms with Gasteiger partial charge in [0.2, 0.25) is 0 Å². The van der Waals surface area contributed by atoms with E-state index in [4.69, 9.17) is 25.8 Å². The summed E-state index contributed by atoms with van der Waals surface area (Å²) in [4.78, 5) is 34.4. The van der Waals surface area contributed by atoms with Crippen LogP contribution >= 0.6 is 22.9 Å². The molecule has 44 heavy (non-hydrogen) atoms. The Balaban J connectivity index is 1.56. The number of benzene rings is 3. The number of carbonyl (C=O) groups is 1. The van der Waals surface area contributed by atoms with Gasteiger partial charge in [-0.3, -0.25) is 9.36 Å². The van der Waals surface area contributed by atoms with E-state index in [0.717, 1.165) is 22.4 Å². The molecule has 228 valence electrons. The molecule has 0 aliphatic carbocycles. The quantitative estimate of drug-likeness (QED) is 0.215. The number of thiazole rings is 1. The van der Waals surface area contributed by atoms with Crippen molar-refractivity contribution in [2.24, 2.45) is 4.99 Å². The standard InChI is InChI=1S/C34H34ClN3O5S/c1-6-41-28-18-22(12-17-27(28)43-20-24-10-8-9-11-26(24)35)19-29-32(39)38-31(23-13-15-25(16-14-23)37(4)5)30(33(40)42-7-2)21(3)36-34(38)44-29/h8-19,31H,6-7,20H2,1-5H3/b29-19-. The number of hydrogen-bond acceptors (Lipinski definition) is 8. The summed E-state index contributed by atoms with van der Waals surface area (Å²) in [6, 6.07) is 20.2. The number of rotatable bonds is 10. The Morgan fingerprint density at radius 3 is 2.45 bits per heavy atom. The van der Waals surface area contributed by atoms with Crippen molar-refractivity contribution in [3.05, 3.63) is 119 Å². The third-order valence-electron chi connectivity index (χ3n) is 7.15. The number of allylic oxidation sites excluding steroid dienone is 1. The second-order valence-electron chi connectivity index (χ2n) is 10.3. The van der Waals surface area contributed by atoms with E-state index in [9.17, 15) is 9.59 Å². The zero-order valence-corrected chi connectivity index (χ0v) is 26.9. The van der Waals surface area contributed by atoms with Gasteiger partial charge in [0, 0.05) is 30.4 Å². The van der Waals surface area contributed by atoms with Crippen LogP contribution in [0.4, 0.5) is 5.69 Å². The Hall–Kier alpha value is -4.34. The highest BCUT2D eigenvalue weighted by Crippen LogP contribution is 2.32. The van der Waals surface area contributed by atoms with Gasteiger partial charge in [-0.25, -0.2) is 9.79 Å². The zero-order valence-electron chi connectivity index (χ0n) is 25.3. The highest BCUT2D eigenvalue weighted by molar-refractivity contribution is 7.07. The third kappa shape index (κ3) is 6.44. The molecule has 0 N–H and O–H groups in total. The fourth-order valence-corrected chi connectivity index (χ4v) is 6.22. The van der Waals surface area contributed by atoms with Crippen LogP contribution in [0.3, 0.4) is 0 Å². The Labute approximate surface area is 265 Å². The van der Waals surface area contributed by atoms with Gasteiger partial charge in [0.25, 0.3) is 5.56 Å². The first-order valence-electron chi connectivity index (χ1n) is 14.3. The Morgan fingerprint density at radius 2 is 1.77 bits per heavy atom. The molecule has 1 aromatic heterocycles. The summed E-state index contributed by atoms with van der Waals surface area (Å²) in [6.07, 6.45) is 1.81. The molecule has 0 fully saturated rings. The van der Waals surface area contributed by atoms with Gasteiger partial charge >= 0.3 is 5.97 Å². The number of hydrogen-bond donors (Lipinski definition) is 0. The molecule has 8 nitrogen and oxygen atoms in total. The molecule has 4 aromatic rings. The molecule has 0 saturated heterocycles. The van der Waals surface area contributed by atoms with Gasteiger partial charge in [0.15, 0.2) is 16.3 Å². The van der Waals surface area contributed by atoms with Crippen molar-refractivity contribution < 1.29 is 19.0 Å². The van der Waals surface area contributed by atoms with Gasteiger partial charge in [0.05, 0.1) is 35.1 Å². The topological polar surface area (TPSA) is 82.4 Å². The minimum atomic E-state index is -0.678. The molecule has 5 rings (SSSR count). The predicted octanol–water partition coefficient (Wildman–Crippen LogP) is 5.50. The fraction of sp³-hybridized carbons (Fsp3) is 0.265. The van der Waals surface area contributed by atoms with Gasteiger partial charge in [0.1, 0.15) is 6.61 Å². The predicted molar refractivity (Wildman–Crippen MR) is 175 cm³/mol. The minimum Gasteiger partial charge on any atom is -0.490 e. The zero-order chi connectivity index (χ0) is 31.4. The van der Waals surface area contributed by atoms with Gasteiger partial charge in [-0.1, -0.05) is 59.3 Å². The Kier molecular flexibility index (Phi) is 9.56. The molecule has 10 heteroatoms. The summed E-state index contributed by atoms with van der Waals surface area (Å²) >= 11 is 7.57. The number of halogens is 1.